The van der Waals surface area contributed by atoms with Crippen molar-refractivity contribution in [3.63, 3.8) is 0 Å². The van der Waals surface area contributed by atoms with Crippen molar-refractivity contribution in [2.75, 3.05) is 5.75 Å². The molecule has 0 bridgehead atoms. The van der Waals surface area contributed by atoms with Gasteiger partial charge in [-0.2, -0.15) is 0 Å². The van der Waals surface area contributed by atoms with Gasteiger partial charge in [0.2, 0.25) is 5.16 Å². The lowest BCUT2D eigenvalue weighted by atomic mass is 10.1. The minimum Gasteiger partial charge on any atom is -0.480 e. The summed E-state index contributed by atoms with van der Waals surface area (Å²) in [6, 6.07) is 0. The first kappa shape index (κ1) is 13.0. The highest BCUT2D eigenvalue weighted by Crippen LogP contribution is 2.19. The van der Waals surface area contributed by atoms with Crippen LogP contribution in [0.4, 0.5) is 0 Å². The molecule has 7 heteroatoms. The zero-order chi connectivity index (χ0) is 12.0. The highest BCUT2D eigenvalue weighted by atomic mass is 32.2. The van der Waals surface area contributed by atoms with Crippen LogP contribution in [0.15, 0.2) is 5.16 Å². The van der Waals surface area contributed by atoms with Crippen LogP contribution in [0.5, 0.6) is 0 Å². The Bertz CT molecular complexity index is 342. The molecule has 1 aromatic rings. The molecule has 1 heterocycles. The molecule has 0 aliphatic carbocycles. The van der Waals surface area contributed by atoms with Crippen molar-refractivity contribution in [1.82, 2.24) is 20.2 Å². The van der Waals surface area contributed by atoms with E-state index in [1.807, 2.05) is 0 Å². The van der Waals surface area contributed by atoms with E-state index in [1.54, 1.807) is 0 Å². The smallest absolute Gasteiger partial charge is 0.325 e. The summed E-state index contributed by atoms with van der Waals surface area (Å²) in [5, 5.41) is 20.1. The standard InChI is InChI=1S/C9H16N4O2S/c1-3-4-7(2)6-16-9-10-11-12-13(9)5-8(14)15/h7H,3-6H2,1-2H3,(H,14,15). The van der Waals surface area contributed by atoms with Gasteiger partial charge < -0.3 is 5.11 Å². The quantitative estimate of drug-likeness (QED) is 0.728. The van der Waals surface area contributed by atoms with Gasteiger partial charge in [-0.3, -0.25) is 4.79 Å². The van der Waals surface area contributed by atoms with Gasteiger partial charge in [-0.25, -0.2) is 4.68 Å². The molecule has 0 radical (unpaired) electrons. The minimum atomic E-state index is -0.934. The second-order valence-electron chi connectivity index (χ2n) is 3.72. The summed E-state index contributed by atoms with van der Waals surface area (Å²) in [6.07, 6.45) is 2.31. The highest BCUT2D eigenvalue weighted by Gasteiger charge is 2.11. The van der Waals surface area contributed by atoms with Gasteiger partial charge in [-0.05, 0) is 16.3 Å². The van der Waals surface area contributed by atoms with E-state index in [9.17, 15) is 4.79 Å². The first-order valence-corrected chi connectivity index (χ1v) is 6.22. The first-order chi connectivity index (χ1) is 7.63. The van der Waals surface area contributed by atoms with E-state index in [0.29, 0.717) is 11.1 Å². The maximum atomic E-state index is 10.5. The zero-order valence-corrected chi connectivity index (χ0v) is 10.3. The second kappa shape index (κ2) is 6.47. The fourth-order valence-electron chi connectivity index (χ4n) is 1.32. The van der Waals surface area contributed by atoms with Gasteiger partial charge in [-0.1, -0.05) is 38.5 Å². The average molecular weight is 244 g/mol. The number of aromatic nitrogens is 4. The Morgan fingerprint density at radius 2 is 2.38 bits per heavy atom. The van der Waals surface area contributed by atoms with Crippen LogP contribution < -0.4 is 0 Å². The number of nitrogens with zero attached hydrogens (tertiary/aromatic N) is 4. The summed E-state index contributed by atoms with van der Waals surface area (Å²) in [5.74, 6) is 0.564. The normalized spacial score (nSPS) is 12.6. The number of carboxylic acids is 1. The van der Waals surface area contributed by atoms with Crippen LogP contribution in [0.1, 0.15) is 26.7 Å². The van der Waals surface area contributed by atoms with E-state index < -0.39 is 5.97 Å². The lowest BCUT2D eigenvalue weighted by Crippen LogP contribution is -2.12. The molecular formula is C9H16N4O2S. The second-order valence-corrected chi connectivity index (χ2v) is 4.70. The number of hydrogen-bond donors (Lipinski definition) is 1. The molecule has 0 aliphatic rings. The van der Waals surface area contributed by atoms with E-state index >= 15 is 0 Å². The largest absolute Gasteiger partial charge is 0.480 e. The first-order valence-electron chi connectivity index (χ1n) is 5.24. The number of rotatable bonds is 7. The van der Waals surface area contributed by atoms with Gasteiger partial charge in [0.05, 0.1) is 0 Å². The summed E-state index contributed by atoms with van der Waals surface area (Å²) in [6.45, 7) is 4.13. The molecular weight excluding hydrogens is 228 g/mol. The molecule has 0 spiro atoms. The van der Waals surface area contributed by atoms with Crippen molar-refractivity contribution in [2.45, 2.75) is 38.4 Å². The van der Waals surface area contributed by atoms with E-state index in [2.05, 4.69) is 29.4 Å². The number of tetrazole rings is 1. The van der Waals surface area contributed by atoms with Crippen LogP contribution in [0.3, 0.4) is 0 Å². The third-order valence-electron chi connectivity index (χ3n) is 2.06. The summed E-state index contributed by atoms with van der Waals surface area (Å²) < 4.78 is 1.31. The molecule has 0 aliphatic heterocycles. The Hall–Kier alpha value is -1.11. The monoisotopic (exact) mass is 244 g/mol. The maximum Gasteiger partial charge on any atom is 0.325 e. The summed E-state index contributed by atoms with van der Waals surface area (Å²) in [7, 11) is 0. The van der Waals surface area contributed by atoms with Crippen molar-refractivity contribution < 1.29 is 9.90 Å². The number of carbonyl (C=O) groups is 1. The van der Waals surface area contributed by atoms with Gasteiger partial charge in [0.1, 0.15) is 6.54 Å². The van der Waals surface area contributed by atoms with Crippen LogP contribution >= 0.6 is 11.8 Å². The maximum absolute atomic E-state index is 10.5. The molecule has 1 atom stereocenters. The molecule has 0 saturated heterocycles. The number of aliphatic carboxylic acids is 1. The van der Waals surface area contributed by atoms with Crippen LogP contribution in [0, 0.1) is 5.92 Å². The van der Waals surface area contributed by atoms with Gasteiger partial charge in [0, 0.05) is 5.75 Å². The topological polar surface area (TPSA) is 80.9 Å². The lowest BCUT2D eigenvalue weighted by Gasteiger charge is -2.08. The minimum absolute atomic E-state index is 0.183. The molecule has 0 saturated carbocycles. The molecule has 0 amide bonds. The molecule has 0 fully saturated rings. The third kappa shape index (κ3) is 4.18. The Morgan fingerprint density at radius 1 is 1.62 bits per heavy atom. The van der Waals surface area contributed by atoms with Crippen LogP contribution in [0.25, 0.3) is 0 Å². The molecule has 1 aromatic heterocycles. The molecule has 0 aromatic carbocycles. The van der Waals surface area contributed by atoms with E-state index in [0.717, 1.165) is 18.6 Å². The van der Waals surface area contributed by atoms with Crippen molar-refractivity contribution in [3.8, 4) is 0 Å². The molecule has 1 rings (SSSR count). The fourth-order valence-corrected chi connectivity index (χ4v) is 2.26. The predicted octanol–water partition coefficient (Wildman–Crippen LogP) is 1.29. The molecule has 1 N–H and O–H groups in total. The van der Waals surface area contributed by atoms with Crippen LogP contribution in [-0.4, -0.2) is 37.0 Å². The average Bonchev–Trinajstić information content (AvgIpc) is 2.62. The van der Waals surface area contributed by atoms with Crippen molar-refractivity contribution in [1.29, 1.82) is 0 Å². The van der Waals surface area contributed by atoms with E-state index in [-0.39, 0.29) is 6.54 Å². The van der Waals surface area contributed by atoms with Crippen molar-refractivity contribution in [2.24, 2.45) is 5.92 Å². The summed E-state index contributed by atoms with van der Waals surface area (Å²) in [4.78, 5) is 10.5. The Kier molecular flexibility index (Phi) is 5.24. The van der Waals surface area contributed by atoms with Gasteiger partial charge in [0.25, 0.3) is 0 Å². The van der Waals surface area contributed by atoms with Crippen LogP contribution in [0.2, 0.25) is 0 Å². The van der Waals surface area contributed by atoms with E-state index in [4.69, 9.17) is 5.11 Å². The van der Waals surface area contributed by atoms with E-state index in [1.165, 1.54) is 16.4 Å². The molecule has 1 unspecified atom stereocenters. The fraction of sp³-hybridized carbons (Fsp3) is 0.778. The predicted molar refractivity (Wildman–Crippen MR) is 60.2 cm³/mol. The zero-order valence-electron chi connectivity index (χ0n) is 9.46. The van der Waals surface area contributed by atoms with Gasteiger partial charge >= 0.3 is 5.97 Å². The van der Waals surface area contributed by atoms with Crippen molar-refractivity contribution in [3.05, 3.63) is 0 Å². The molecule has 6 nitrogen and oxygen atoms in total. The lowest BCUT2D eigenvalue weighted by molar-refractivity contribution is -0.138. The summed E-state index contributed by atoms with van der Waals surface area (Å²) >= 11 is 1.51. The Labute approximate surface area is 98.4 Å². The van der Waals surface area contributed by atoms with Crippen LogP contribution in [-0.2, 0) is 11.3 Å². The third-order valence-corrected chi connectivity index (χ3v) is 3.35. The SMILES string of the molecule is CCCC(C)CSc1nnnn1CC(=O)O. The molecule has 16 heavy (non-hydrogen) atoms. The Morgan fingerprint density at radius 3 is 3.00 bits per heavy atom. The highest BCUT2D eigenvalue weighted by molar-refractivity contribution is 7.99. The number of thioether (sulfide) groups is 1. The summed E-state index contributed by atoms with van der Waals surface area (Å²) in [5.41, 5.74) is 0. The molecule has 90 valence electrons. The Balaban J connectivity index is 2.47. The van der Waals surface area contributed by atoms with Gasteiger partial charge in [0.15, 0.2) is 0 Å². The number of carboxylic acid groups (broad SMARTS) is 1. The number of hydrogen-bond acceptors (Lipinski definition) is 5. The van der Waals surface area contributed by atoms with Gasteiger partial charge in [-0.15, -0.1) is 5.10 Å². The van der Waals surface area contributed by atoms with Crippen molar-refractivity contribution >= 4 is 17.7 Å².